The molecule has 0 atom stereocenters. The second-order valence-electron chi connectivity index (χ2n) is 3.26. The molecular formula is C11H14O3. The largest absolute Gasteiger partial charge is 0.481 e. The van der Waals surface area contributed by atoms with Gasteiger partial charge in [-0.1, -0.05) is 18.2 Å². The van der Waals surface area contributed by atoms with Gasteiger partial charge < -0.3 is 9.84 Å². The molecule has 1 rings (SSSR count). The van der Waals surface area contributed by atoms with E-state index in [9.17, 15) is 4.79 Å². The molecule has 14 heavy (non-hydrogen) atoms. The van der Waals surface area contributed by atoms with Gasteiger partial charge in [-0.2, -0.15) is 0 Å². The number of carboxylic acids is 1. The molecule has 0 aliphatic rings. The van der Waals surface area contributed by atoms with Gasteiger partial charge in [-0.05, 0) is 23.6 Å². The average molecular weight is 194 g/mol. The van der Waals surface area contributed by atoms with Crippen LogP contribution >= 0.6 is 0 Å². The van der Waals surface area contributed by atoms with Gasteiger partial charge in [-0.25, -0.2) is 0 Å². The van der Waals surface area contributed by atoms with Gasteiger partial charge in [0, 0.05) is 7.11 Å². The molecule has 0 bridgehead atoms. The first-order valence-electron chi connectivity index (χ1n) is 4.42. The minimum Gasteiger partial charge on any atom is -0.481 e. The number of benzene rings is 1. The van der Waals surface area contributed by atoms with Crippen molar-refractivity contribution in [3.63, 3.8) is 0 Å². The molecule has 0 aromatic heterocycles. The third-order valence-corrected chi connectivity index (χ3v) is 2.06. The zero-order chi connectivity index (χ0) is 10.6. The molecule has 1 aromatic rings. The molecule has 1 N–H and O–H groups in total. The molecule has 0 heterocycles. The summed E-state index contributed by atoms with van der Waals surface area (Å²) in [5, 5.41) is 8.61. The lowest BCUT2D eigenvalue weighted by Gasteiger charge is -2.06. The zero-order valence-electron chi connectivity index (χ0n) is 8.41. The van der Waals surface area contributed by atoms with Crippen LogP contribution in [0.3, 0.4) is 0 Å². The molecule has 76 valence electrons. The number of aryl methyl sites for hydroxylation is 1. The van der Waals surface area contributed by atoms with Crippen LogP contribution in [0, 0.1) is 6.92 Å². The first-order valence-corrected chi connectivity index (χ1v) is 4.42. The summed E-state index contributed by atoms with van der Waals surface area (Å²) in [4.78, 5) is 10.5. The number of aliphatic carboxylic acids is 1. The Balaban J connectivity index is 2.83. The fraction of sp³-hybridized carbons (Fsp3) is 0.364. The normalized spacial score (nSPS) is 10.1. The number of carbonyl (C=O) groups is 1. The predicted molar refractivity (Wildman–Crippen MR) is 53.2 cm³/mol. The van der Waals surface area contributed by atoms with Crippen LogP contribution in [0.25, 0.3) is 0 Å². The fourth-order valence-corrected chi connectivity index (χ4v) is 1.36. The van der Waals surface area contributed by atoms with Crippen molar-refractivity contribution in [2.24, 2.45) is 0 Å². The van der Waals surface area contributed by atoms with Crippen molar-refractivity contribution in [1.29, 1.82) is 0 Å². The molecule has 3 nitrogen and oxygen atoms in total. The first kappa shape index (κ1) is 10.7. The quantitative estimate of drug-likeness (QED) is 0.794. The highest BCUT2D eigenvalue weighted by Gasteiger charge is 2.03. The standard InChI is InChI=1S/C11H14O3/c1-8-5-9(6-11(12)13)3-4-10(8)7-14-2/h3-5H,6-7H2,1-2H3,(H,12,13). The molecule has 0 spiro atoms. The Hall–Kier alpha value is -1.35. The van der Waals surface area contributed by atoms with Crippen molar-refractivity contribution in [2.75, 3.05) is 7.11 Å². The highest BCUT2D eigenvalue weighted by molar-refractivity contribution is 5.70. The van der Waals surface area contributed by atoms with Crippen molar-refractivity contribution in [3.8, 4) is 0 Å². The monoisotopic (exact) mass is 194 g/mol. The summed E-state index contributed by atoms with van der Waals surface area (Å²) in [5.41, 5.74) is 3.00. The third-order valence-electron chi connectivity index (χ3n) is 2.06. The lowest BCUT2D eigenvalue weighted by Crippen LogP contribution is -2.01. The summed E-state index contributed by atoms with van der Waals surface area (Å²) in [6, 6.07) is 5.63. The number of hydrogen-bond acceptors (Lipinski definition) is 2. The van der Waals surface area contributed by atoms with Crippen LogP contribution < -0.4 is 0 Å². The van der Waals surface area contributed by atoms with Crippen molar-refractivity contribution < 1.29 is 14.6 Å². The molecular weight excluding hydrogens is 180 g/mol. The van der Waals surface area contributed by atoms with E-state index in [-0.39, 0.29) is 6.42 Å². The second kappa shape index (κ2) is 4.77. The van der Waals surface area contributed by atoms with E-state index in [4.69, 9.17) is 9.84 Å². The van der Waals surface area contributed by atoms with E-state index >= 15 is 0 Å². The van der Waals surface area contributed by atoms with Gasteiger partial charge in [0.1, 0.15) is 0 Å². The average Bonchev–Trinajstić information content (AvgIpc) is 2.09. The molecule has 0 radical (unpaired) electrons. The fourth-order valence-electron chi connectivity index (χ4n) is 1.36. The molecule has 0 saturated heterocycles. The first-order chi connectivity index (χ1) is 6.63. The summed E-state index contributed by atoms with van der Waals surface area (Å²) in [5.74, 6) is -0.802. The smallest absolute Gasteiger partial charge is 0.307 e. The van der Waals surface area contributed by atoms with Gasteiger partial charge in [-0.15, -0.1) is 0 Å². The Morgan fingerprint density at radius 2 is 2.21 bits per heavy atom. The summed E-state index contributed by atoms with van der Waals surface area (Å²) >= 11 is 0. The van der Waals surface area contributed by atoms with E-state index in [1.807, 2.05) is 25.1 Å². The van der Waals surface area contributed by atoms with Gasteiger partial charge >= 0.3 is 5.97 Å². The molecule has 0 aliphatic heterocycles. The number of methoxy groups -OCH3 is 1. The molecule has 3 heteroatoms. The maximum absolute atomic E-state index is 10.5. The van der Waals surface area contributed by atoms with E-state index in [0.717, 1.165) is 16.7 Å². The minimum atomic E-state index is -0.802. The highest BCUT2D eigenvalue weighted by Crippen LogP contribution is 2.12. The van der Waals surface area contributed by atoms with Gasteiger partial charge in [0.15, 0.2) is 0 Å². The van der Waals surface area contributed by atoms with Crippen molar-refractivity contribution in [1.82, 2.24) is 0 Å². The summed E-state index contributed by atoms with van der Waals surface area (Å²) < 4.78 is 5.01. The minimum absolute atomic E-state index is 0.0775. The maximum Gasteiger partial charge on any atom is 0.307 e. The van der Waals surface area contributed by atoms with Crippen LogP contribution in [-0.4, -0.2) is 18.2 Å². The number of ether oxygens (including phenoxy) is 1. The topological polar surface area (TPSA) is 46.5 Å². The summed E-state index contributed by atoms with van der Waals surface area (Å²) in [6.07, 6.45) is 0.0775. The van der Waals surface area contributed by atoms with Crippen molar-refractivity contribution >= 4 is 5.97 Å². The zero-order valence-corrected chi connectivity index (χ0v) is 8.41. The van der Waals surface area contributed by atoms with Crippen LogP contribution in [0.4, 0.5) is 0 Å². The van der Waals surface area contributed by atoms with E-state index in [0.29, 0.717) is 6.61 Å². The van der Waals surface area contributed by atoms with E-state index < -0.39 is 5.97 Å². The van der Waals surface area contributed by atoms with Crippen LogP contribution in [0.5, 0.6) is 0 Å². The Morgan fingerprint density at radius 3 is 2.71 bits per heavy atom. The Bertz CT molecular complexity index is 331. The van der Waals surface area contributed by atoms with Crippen molar-refractivity contribution in [3.05, 3.63) is 34.9 Å². The molecule has 0 saturated carbocycles. The Labute approximate surface area is 83.3 Å². The van der Waals surface area contributed by atoms with Gasteiger partial charge in [0.2, 0.25) is 0 Å². The van der Waals surface area contributed by atoms with Crippen LogP contribution in [0.15, 0.2) is 18.2 Å². The van der Waals surface area contributed by atoms with Crippen molar-refractivity contribution in [2.45, 2.75) is 20.0 Å². The molecule has 0 amide bonds. The van der Waals surface area contributed by atoms with Crippen LogP contribution in [0.2, 0.25) is 0 Å². The Kier molecular flexibility index (Phi) is 3.65. The van der Waals surface area contributed by atoms with E-state index in [1.54, 1.807) is 7.11 Å². The summed E-state index contributed by atoms with van der Waals surface area (Å²) in [6.45, 7) is 2.53. The maximum atomic E-state index is 10.5. The number of rotatable bonds is 4. The summed E-state index contributed by atoms with van der Waals surface area (Å²) in [7, 11) is 1.64. The van der Waals surface area contributed by atoms with E-state index in [1.165, 1.54) is 0 Å². The second-order valence-corrected chi connectivity index (χ2v) is 3.26. The predicted octanol–water partition coefficient (Wildman–Crippen LogP) is 1.77. The van der Waals surface area contributed by atoms with Gasteiger partial charge in [0.25, 0.3) is 0 Å². The number of carboxylic acid groups (broad SMARTS) is 1. The molecule has 0 fully saturated rings. The SMILES string of the molecule is COCc1ccc(CC(=O)O)cc1C. The highest BCUT2D eigenvalue weighted by atomic mass is 16.5. The van der Waals surface area contributed by atoms with Gasteiger partial charge in [-0.3, -0.25) is 4.79 Å². The van der Waals surface area contributed by atoms with Gasteiger partial charge in [0.05, 0.1) is 13.0 Å². The lowest BCUT2D eigenvalue weighted by molar-refractivity contribution is -0.136. The molecule has 1 aromatic carbocycles. The number of hydrogen-bond donors (Lipinski definition) is 1. The third kappa shape index (κ3) is 2.85. The molecule has 0 unspecified atom stereocenters. The van der Waals surface area contributed by atoms with Crippen LogP contribution in [0.1, 0.15) is 16.7 Å². The molecule has 0 aliphatic carbocycles. The lowest BCUT2D eigenvalue weighted by atomic mass is 10.0. The van der Waals surface area contributed by atoms with E-state index in [2.05, 4.69) is 0 Å². The Morgan fingerprint density at radius 1 is 1.50 bits per heavy atom. The van der Waals surface area contributed by atoms with Crippen LogP contribution in [-0.2, 0) is 22.6 Å².